The third-order valence-corrected chi connectivity index (χ3v) is 3.76. The van der Waals surface area contributed by atoms with Crippen LogP contribution in [0.5, 0.6) is 11.6 Å². The van der Waals surface area contributed by atoms with Crippen LogP contribution in [0.25, 0.3) is 0 Å². The third kappa shape index (κ3) is 4.25. The minimum absolute atomic E-state index is 0.362. The molecule has 120 valence electrons. The molecule has 1 aliphatic heterocycles. The number of rotatable bonds is 5. The summed E-state index contributed by atoms with van der Waals surface area (Å²) in [6, 6.07) is 7.19. The van der Waals surface area contributed by atoms with Crippen molar-refractivity contribution in [3.05, 3.63) is 47.4 Å². The van der Waals surface area contributed by atoms with E-state index in [4.69, 9.17) is 21.1 Å². The molecule has 1 unspecified atom stereocenters. The Hall–Kier alpha value is -2.02. The Morgan fingerprint density at radius 3 is 2.96 bits per heavy atom. The molecule has 1 saturated heterocycles. The molecule has 0 spiro atoms. The van der Waals surface area contributed by atoms with Crippen LogP contribution in [0.4, 0.5) is 0 Å². The van der Waals surface area contributed by atoms with Crippen LogP contribution in [-0.4, -0.2) is 47.0 Å². The highest BCUT2D eigenvalue weighted by molar-refractivity contribution is 6.32. The number of aromatic nitrogens is 2. The van der Waals surface area contributed by atoms with Crippen LogP contribution in [0.2, 0.25) is 5.02 Å². The van der Waals surface area contributed by atoms with E-state index in [9.17, 15) is 4.79 Å². The molecule has 2 aromatic rings. The molecule has 2 heterocycles. The van der Waals surface area contributed by atoms with Crippen molar-refractivity contribution in [2.45, 2.75) is 12.6 Å². The van der Waals surface area contributed by atoms with Crippen molar-refractivity contribution in [2.24, 2.45) is 0 Å². The Kier molecular flexibility index (Phi) is 5.17. The van der Waals surface area contributed by atoms with Gasteiger partial charge in [-0.25, -0.2) is 4.98 Å². The molecule has 1 atom stereocenters. The number of benzene rings is 1. The number of hydrogen-bond acceptors (Lipinski definition) is 6. The molecule has 6 nitrogen and oxygen atoms in total. The van der Waals surface area contributed by atoms with Gasteiger partial charge in [0.05, 0.1) is 29.7 Å². The van der Waals surface area contributed by atoms with E-state index in [1.54, 1.807) is 24.5 Å². The Morgan fingerprint density at radius 1 is 1.35 bits per heavy atom. The lowest BCUT2D eigenvalue weighted by Crippen LogP contribution is -2.42. The number of carbonyl (C=O) groups is 1. The van der Waals surface area contributed by atoms with Gasteiger partial charge in [0.2, 0.25) is 5.88 Å². The largest absolute Gasteiger partial charge is 0.436 e. The van der Waals surface area contributed by atoms with Crippen LogP contribution in [0, 0.1) is 0 Å². The SMILES string of the molecule is O=CC1CN(Cc2cnc(Oc3ccccc3Cl)cn2)CCO1. The predicted molar refractivity (Wildman–Crippen MR) is 84.6 cm³/mol. The lowest BCUT2D eigenvalue weighted by atomic mass is 10.3. The predicted octanol–water partition coefficient (Wildman–Crippen LogP) is 2.32. The van der Waals surface area contributed by atoms with Gasteiger partial charge in [0.15, 0.2) is 0 Å². The van der Waals surface area contributed by atoms with E-state index in [-0.39, 0.29) is 6.10 Å². The smallest absolute Gasteiger partial charge is 0.237 e. The van der Waals surface area contributed by atoms with E-state index in [0.717, 1.165) is 18.5 Å². The second kappa shape index (κ2) is 7.50. The highest BCUT2D eigenvalue weighted by Crippen LogP contribution is 2.27. The van der Waals surface area contributed by atoms with Crippen molar-refractivity contribution in [1.82, 2.24) is 14.9 Å². The standard InChI is InChI=1S/C16H16ClN3O3/c17-14-3-1-2-4-15(14)23-16-8-18-12(7-19-16)9-20-5-6-22-13(10-20)11-21/h1-4,7-8,11,13H,5-6,9-10H2. The van der Waals surface area contributed by atoms with Crippen LogP contribution in [0.1, 0.15) is 5.69 Å². The quantitative estimate of drug-likeness (QED) is 0.782. The molecule has 23 heavy (non-hydrogen) atoms. The summed E-state index contributed by atoms with van der Waals surface area (Å²) in [7, 11) is 0. The summed E-state index contributed by atoms with van der Waals surface area (Å²) in [5.74, 6) is 0.924. The minimum Gasteiger partial charge on any atom is -0.436 e. The first-order valence-electron chi connectivity index (χ1n) is 7.27. The van der Waals surface area contributed by atoms with Crippen molar-refractivity contribution in [1.29, 1.82) is 0 Å². The number of nitrogens with zero attached hydrogens (tertiary/aromatic N) is 3. The lowest BCUT2D eigenvalue weighted by molar-refractivity contribution is -0.123. The fourth-order valence-electron chi connectivity index (χ4n) is 2.30. The molecule has 1 aromatic heterocycles. The van der Waals surface area contributed by atoms with Crippen LogP contribution in [-0.2, 0) is 16.1 Å². The maximum absolute atomic E-state index is 10.8. The summed E-state index contributed by atoms with van der Waals surface area (Å²) < 4.78 is 10.9. The van der Waals surface area contributed by atoms with E-state index in [0.29, 0.717) is 36.3 Å². The molecule has 0 aliphatic carbocycles. The first-order chi connectivity index (χ1) is 11.2. The van der Waals surface area contributed by atoms with Gasteiger partial charge in [0.1, 0.15) is 18.1 Å². The zero-order valence-electron chi connectivity index (χ0n) is 12.4. The fraction of sp³-hybridized carbons (Fsp3) is 0.312. The van der Waals surface area contributed by atoms with Crippen LogP contribution in [0.3, 0.4) is 0 Å². The van der Waals surface area contributed by atoms with E-state index >= 15 is 0 Å². The van der Waals surface area contributed by atoms with Gasteiger partial charge < -0.3 is 14.3 Å². The summed E-state index contributed by atoms with van der Waals surface area (Å²) >= 11 is 6.04. The average Bonchev–Trinajstić information content (AvgIpc) is 2.59. The number of carbonyl (C=O) groups excluding carboxylic acids is 1. The normalized spacial score (nSPS) is 18.6. The highest BCUT2D eigenvalue weighted by Gasteiger charge is 2.20. The van der Waals surface area contributed by atoms with Crippen molar-refractivity contribution >= 4 is 17.9 Å². The number of halogens is 1. The number of morpholine rings is 1. The van der Waals surface area contributed by atoms with Crippen LogP contribution < -0.4 is 4.74 Å². The molecule has 0 saturated carbocycles. The monoisotopic (exact) mass is 333 g/mol. The molecule has 0 amide bonds. The Morgan fingerprint density at radius 2 is 2.22 bits per heavy atom. The van der Waals surface area contributed by atoms with Crippen LogP contribution in [0.15, 0.2) is 36.7 Å². The van der Waals surface area contributed by atoms with Gasteiger partial charge in [-0.2, -0.15) is 0 Å². The van der Waals surface area contributed by atoms with Gasteiger partial charge in [-0.1, -0.05) is 23.7 Å². The molecular formula is C16H16ClN3O3. The summed E-state index contributed by atoms with van der Waals surface area (Å²) in [5, 5.41) is 0.520. The first kappa shape index (κ1) is 15.9. The van der Waals surface area contributed by atoms with Crippen molar-refractivity contribution in [2.75, 3.05) is 19.7 Å². The van der Waals surface area contributed by atoms with Crippen molar-refractivity contribution in [3.63, 3.8) is 0 Å². The number of para-hydroxylation sites is 1. The van der Waals surface area contributed by atoms with Crippen molar-refractivity contribution < 1.29 is 14.3 Å². The van der Waals surface area contributed by atoms with Gasteiger partial charge in [-0.05, 0) is 12.1 Å². The van der Waals surface area contributed by atoms with E-state index in [1.165, 1.54) is 0 Å². The van der Waals surface area contributed by atoms with E-state index < -0.39 is 0 Å². The summed E-state index contributed by atoms with van der Waals surface area (Å²) in [6.45, 7) is 2.50. The average molecular weight is 334 g/mol. The van der Waals surface area contributed by atoms with E-state index in [1.807, 2.05) is 12.1 Å². The topological polar surface area (TPSA) is 64.6 Å². The molecule has 3 rings (SSSR count). The lowest BCUT2D eigenvalue weighted by Gasteiger charge is -2.29. The molecule has 1 aromatic carbocycles. The van der Waals surface area contributed by atoms with Crippen LogP contribution >= 0.6 is 11.6 Å². The van der Waals surface area contributed by atoms with Gasteiger partial charge in [0, 0.05) is 19.6 Å². The first-order valence-corrected chi connectivity index (χ1v) is 7.65. The molecule has 7 heteroatoms. The molecule has 1 fully saturated rings. The molecule has 1 aliphatic rings. The van der Waals surface area contributed by atoms with Gasteiger partial charge >= 0.3 is 0 Å². The maximum Gasteiger partial charge on any atom is 0.237 e. The van der Waals surface area contributed by atoms with Gasteiger partial charge in [-0.3, -0.25) is 9.88 Å². The molecular weight excluding hydrogens is 318 g/mol. The summed E-state index contributed by atoms with van der Waals surface area (Å²) in [6.07, 6.45) is 3.70. The van der Waals surface area contributed by atoms with Crippen molar-refractivity contribution in [3.8, 4) is 11.6 Å². The third-order valence-electron chi connectivity index (χ3n) is 3.45. The number of ether oxygens (including phenoxy) is 2. The zero-order valence-corrected chi connectivity index (χ0v) is 13.1. The summed E-state index contributed by atoms with van der Waals surface area (Å²) in [5.41, 5.74) is 0.808. The minimum atomic E-state index is -0.362. The maximum atomic E-state index is 10.8. The Bertz CT molecular complexity index is 666. The number of hydrogen-bond donors (Lipinski definition) is 0. The molecule has 0 bridgehead atoms. The Balaban J connectivity index is 1.61. The van der Waals surface area contributed by atoms with E-state index in [2.05, 4.69) is 14.9 Å². The summed E-state index contributed by atoms with van der Waals surface area (Å²) in [4.78, 5) is 21.5. The zero-order chi connectivity index (χ0) is 16.1. The molecule has 0 radical (unpaired) electrons. The highest BCUT2D eigenvalue weighted by atomic mass is 35.5. The Labute approximate surface area is 139 Å². The van der Waals surface area contributed by atoms with Gasteiger partial charge in [0.25, 0.3) is 0 Å². The molecule has 0 N–H and O–H groups in total. The fourth-order valence-corrected chi connectivity index (χ4v) is 2.48. The van der Waals surface area contributed by atoms with Gasteiger partial charge in [-0.15, -0.1) is 0 Å². The number of aldehydes is 1. The second-order valence-electron chi connectivity index (χ2n) is 5.16. The second-order valence-corrected chi connectivity index (χ2v) is 5.57.